The van der Waals surface area contributed by atoms with Gasteiger partial charge in [0.1, 0.15) is 5.82 Å². The normalized spacial score (nSPS) is 12.0. The van der Waals surface area contributed by atoms with Crippen molar-refractivity contribution in [1.82, 2.24) is 9.97 Å². The highest BCUT2D eigenvalue weighted by molar-refractivity contribution is 6.03. The molecule has 0 bridgehead atoms. The summed E-state index contributed by atoms with van der Waals surface area (Å²) >= 11 is 0. The summed E-state index contributed by atoms with van der Waals surface area (Å²) in [5.41, 5.74) is 3.23. The summed E-state index contributed by atoms with van der Waals surface area (Å²) in [5.74, 6) is 0.968. The van der Waals surface area contributed by atoms with Gasteiger partial charge in [-0.3, -0.25) is 4.98 Å². The first-order valence-electron chi connectivity index (χ1n) is 7.43. The van der Waals surface area contributed by atoms with Crippen molar-refractivity contribution in [2.45, 2.75) is 33.1 Å². The van der Waals surface area contributed by atoms with Gasteiger partial charge in [-0.25, -0.2) is 4.98 Å². The summed E-state index contributed by atoms with van der Waals surface area (Å²) in [5, 5.41) is 5.67. The summed E-state index contributed by atoms with van der Waals surface area (Å²) in [7, 11) is 0. The van der Waals surface area contributed by atoms with Crippen LogP contribution in [-0.2, 0) is 5.41 Å². The van der Waals surface area contributed by atoms with Gasteiger partial charge < -0.3 is 5.32 Å². The molecule has 0 radical (unpaired) electrons. The van der Waals surface area contributed by atoms with Gasteiger partial charge in [0.25, 0.3) is 0 Å². The van der Waals surface area contributed by atoms with Crippen LogP contribution in [0, 0.1) is 0 Å². The zero-order valence-electron chi connectivity index (χ0n) is 13.1. The fourth-order valence-corrected chi connectivity index (χ4v) is 2.65. The van der Waals surface area contributed by atoms with Crippen LogP contribution < -0.4 is 5.32 Å². The molecular formula is C18H21N3. The lowest BCUT2D eigenvalue weighted by Crippen LogP contribution is -2.16. The molecule has 0 aliphatic rings. The van der Waals surface area contributed by atoms with Crippen LogP contribution in [0.5, 0.6) is 0 Å². The molecule has 0 fully saturated rings. The highest BCUT2D eigenvalue weighted by atomic mass is 15.0. The zero-order chi connectivity index (χ0) is 15.0. The molecule has 0 saturated carbocycles. The summed E-state index contributed by atoms with van der Waals surface area (Å²) in [4.78, 5) is 9.40. The van der Waals surface area contributed by atoms with Crippen LogP contribution in [0.25, 0.3) is 21.8 Å². The van der Waals surface area contributed by atoms with E-state index in [1.54, 1.807) is 0 Å². The van der Waals surface area contributed by atoms with Gasteiger partial charge in [-0.05, 0) is 24.5 Å². The quantitative estimate of drug-likeness (QED) is 0.701. The molecule has 0 spiro atoms. The van der Waals surface area contributed by atoms with E-state index >= 15 is 0 Å². The molecule has 3 aromatic rings. The van der Waals surface area contributed by atoms with E-state index in [0.29, 0.717) is 0 Å². The van der Waals surface area contributed by atoms with Crippen molar-refractivity contribution in [3.63, 3.8) is 0 Å². The number of hydrogen-bond donors (Lipinski definition) is 1. The first kappa shape index (κ1) is 13.8. The average molecular weight is 279 g/mol. The number of benzene rings is 1. The highest BCUT2D eigenvalue weighted by Gasteiger charge is 2.20. The standard InChI is InChI=1S/C18H21N3/c1-5-19-17-14(18(2,3)4)11-13-9-8-12-7-6-10-20-15(12)16(13)21-17/h6-11H,5H2,1-4H3,(H,19,21). The van der Waals surface area contributed by atoms with Gasteiger partial charge in [0.05, 0.1) is 11.0 Å². The largest absolute Gasteiger partial charge is 0.370 e. The van der Waals surface area contributed by atoms with Crippen LogP contribution in [0.3, 0.4) is 0 Å². The molecule has 21 heavy (non-hydrogen) atoms. The SMILES string of the molecule is CCNc1nc2c(ccc3cccnc32)cc1C(C)(C)C. The van der Waals surface area contributed by atoms with Crippen molar-refractivity contribution >= 4 is 27.6 Å². The molecule has 108 valence electrons. The Labute approximate surface area is 125 Å². The Balaban J connectivity index is 2.37. The van der Waals surface area contributed by atoms with Crippen molar-refractivity contribution in [2.75, 3.05) is 11.9 Å². The van der Waals surface area contributed by atoms with E-state index in [1.807, 2.05) is 12.3 Å². The predicted molar refractivity (Wildman–Crippen MR) is 89.9 cm³/mol. The maximum Gasteiger partial charge on any atom is 0.130 e. The van der Waals surface area contributed by atoms with Crippen LogP contribution >= 0.6 is 0 Å². The van der Waals surface area contributed by atoms with Gasteiger partial charge in [0.2, 0.25) is 0 Å². The van der Waals surface area contributed by atoms with Gasteiger partial charge in [-0.2, -0.15) is 0 Å². The molecule has 1 aromatic carbocycles. The lowest BCUT2D eigenvalue weighted by molar-refractivity contribution is 0.590. The zero-order valence-corrected chi connectivity index (χ0v) is 13.1. The van der Waals surface area contributed by atoms with Crippen LogP contribution in [0.4, 0.5) is 5.82 Å². The third-order valence-electron chi connectivity index (χ3n) is 3.71. The molecule has 0 aliphatic carbocycles. The molecule has 2 aromatic heterocycles. The first-order chi connectivity index (χ1) is 10.0. The number of nitrogens with zero attached hydrogens (tertiary/aromatic N) is 2. The minimum atomic E-state index is 0.0533. The summed E-state index contributed by atoms with van der Waals surface area (Å²) < 4.78 is 0. The van der Waals surface area contributed by atoms with E-state index in [1.165, 1.54) is 5.56 Å². The Hall–Kier alpha value is -2.16. The van der Waals surface area contributed by atoms with E-state index in [-0.39, 0.29) is 5.41 Å². The molecule has 3 rings (SSSR count). The van der Waals surface area contributed by atoms with Crippen LogP contribution in [0.1, 0.15) is 33.3 Å². The molecule has 3 nitrogen and oxygen atoms in total. The third-order valence-corrected chi connectivity index (χ3v) is 3.71. The van der Waals surface area contributed by atoms with Gasteiger partial charge in [0, 0.05) is 29.1 Å². The molecule has 0 aliphatic heterocycles. The molecular weight excluding hydrogens is 258 g/mol. The number of pyridine rings is 2. The first-order valence-corrected chi connectivity index (χ1v) is 7.43. The molecule has 0 atom stereocenters. The average Bonchev–Trinajstić information content (AvgIpc) is 2.46. The Bertz CT molecular complexity index is 801. The maximum absolute atomic E-state index is 4.89. The van der Waals surface area contributed by atoms with E-state index in [0.717, 1.165) is 34.2 Å². The fraction of sp³-hybridized carbons (Fsp3) is 0.333. The predicted octanol–water partition coefficient (Wildman–Crippen LogP) is 4.51. The fourth-order valence-electron chi connectivity index (χ4n) is 2.65. The molecule has 1 N–H and O–H groups in total. The minimum Gasteiger partial charge on any atom is -0.370 e. The van der Waals surface area contributed by atoms with Crippen LogP contribution in [0.15, 0.2) is 36.5 Å². The van der Waals surface area contributed by atoms with E-state index in [9.17, 15) is 0 Å². The van der Waals surface area contributed by atoms with Crippen molar-refractivity contribution in [3.8, 4) is 0 Å². The lowest BCUT2D eigenvalue weighted by Gasteiger charge is -2.23. The number of hydrogen-bond acceptors (Lipinski definition) is 3. The molecule has 2 heterocycles. The number of fused-ring (bicyclic) bond motifs is 3. The van der Waals surface area contributed by atoms with E-state index in [4.69, 9.17) is 4.98 Å². The van der Waals surface area contributed by atoms with Crippen molar-refractivity contribution in [1.29, 1.82) is 0 Å². The Morgan fingerprint density at radius 2 is 1.81 bits per heavy atom. The van der Waals surface area contributed by atoms with Crippen molar-refractivity contribution < 1.29 is 0 Å². The van der Waals surface area contributed by atoms with Gasteiger partial charge in [-0.1, -0.05) is 39.0 Å². The van der Waals surface area contributed by atoms with Gasteiger partial charge in [-0.15, -0.1) is 0 Å². The Morgan fingerprint density at radius 1 is 1.05 bits per heavy atom. The number of aromatic nitrogens is 2. The molecule has 0 amide bonds. The maximum atomic E-state index is 4.89. The van der Waals surface area contributed by atoms with E-state index in [2.05, 4.69) is 62.3 Å². The van der Waals surface area contributed by atoms with Crippen LogP contribution in [0.2, 0.25) is 0 Å². The lowest BCUT2D eigenvalue weighted by atomic mass is 9.86. The third kappa shape index (κ3) is 2.44. The summed E-state index contributed by atoms with van der Waals surface area (Å²) in [6.45, 7) is 9.61. The molecule has 3 heteroatoms. The van der Waals surface area contributed by atoms with Gasteiger partial charge in [0.15, 0.2) is 0 Å². The Morgan fingerprint density at radius 3 is 2.52 bits per heavy atom. The van der Waals surface area contributed by atoms with Crippen molar-refractivity contribution in [2.24, 2.45) is 0 Å². The second-order valence-electron chi connectivity index (χ2n) is 6.38. The number of rotatable bonds is 2. The summed E-state index contributed by atoms with van der Waals surface area (Å²) in [6.07, 6.45) is 1.83. The molecule has 0 saturated heterocycles. The van der Waals surface area contributed by atoms with Crippen LogP contribution in [-0.4, -0.2) is 16.5 Å². The summed E-state index contributed by atoms with van der Waals surface area (Å²) in [6, 6.07) is 10.5. The van der Waals surface area contributed by atoms with Crippen molar-refractivity contribution in [3.05, 3.63) is 42.1 Å². The smallest absolute Gasteiger partial charge is 0.130 e. The van der Waals surface area contributed by atoms with Gasteiger partial charge >= 0.3 is 0 Å². The number of anilines is 1. The monoisotopic (exact) mass is 279 g/mol. The Kier molecular flexibility index (Phi) is 3.28. The number of nitrogens with one attached hydrogen (secondary N) is 1. The second kappa shape index (κ2) is 4.99. The highest BCUT2D eigenvalue weighted by Crippen LogP contribution is 2.33. The second-order valence-corrected chi connectivity index (χ2v) is 6.38. The topological polar surface area (TPSA) is 37.8 Å². The minimum absolute atomic E-state index is 0.0533. The van der Waals surface area contributed by atoms with E-state index < -0.39 is 0 Å². The molecule has 0 unspecified atom stereocenters.